The van der Waals surface area contributed by atoms with Gasteiger partial charge in [0, 0.05) is 18.9 Å². The Bertz CT molecular complexity index is 420. The van der Waals surface area contributed by atoms with Crippen molar-refractivity contribution in [2.24, 2.45) is 17.6 Å². The zero-order valence-electron chi connectivity index (χ0n) is 11.7. The zero-order valence-corrected chi connectivity index (χ0v) is 11.7. The van der Waals surface area contributed by atoms with E-state index in [0.717, 1.165) is 18.8 Å². The minimum atomic E-state index is -4.06. The molecule has 1 saturated carbocycles. The third-order valence-corrected chi connectivity index (χ3v) is 4.25. The number of rotatable bonds is 4. The summed E-state index contributed by atoms with van der Waals surface area (Å²) in [6.07, 6.45) is 1.97. The van der Waals surface area contributed by atoms with Gasteiger partial charge in [-0.1, -0.05) is 6.92 Å². The Morgan fingerprint density at radius 3 is 2.55 bits per heavy atom. The third kappa shape index (κ3) is 3.34. The monoisotopic (exact) mass is 289 g/mol. The van der Waals surface area contributed by atoms with Crippen LogP contribution in [0.25, 0.3) is 0 Å². The van der Waals surface area contributed by atoms with Crippen molar-refractivity contribution >= 4 is 0 Å². The summed E-state index contributed by atoms with van der Waals surface area (Å²) in [5, 5.41) is 0. The van der Waals surface area contributed by atoms with E-state index in [1.165, 1.54) is 0 Å². The SMILES string of the molecule is CCCn1ccnc1C(N)C1CCC(C(F)(F)F)CC1. The second-order valence-electron chi connectivity index (χ2n) is 5.66. The lowest BCUT2D eigenvalue weighted by atomic mass is 9.78. The van der Waals surface area contributed by atoms with Gasteiger partial charge in [-0.25, -0.2) is 4.98 Å². The number of alkyl halides is 3. The molecule has 0 bridgehead atoms. The maximum absolute atomic E-state index is 12.7. The molecule has 1 aliphatic carbocycles. The molecule has 1 aromatic heterocycles. The molecule has 1 unspecified atom stereocenters. The van der Waals surface area contributed by atoms with E-state index in [9.17, 15) is 13.2 Å². The van der Waals surface area contributed by atoms with Crippen LogP contribution in [0.1, 0.15) is 50.9 Å². The van der Waals surface area contributed by atoms with Crippen molar-refractivity contribution in [1.29, 1.82) is 0 Å². The predicted octanol–water partition coefficient (Wildman–Crippen LogP) is 3.66. The van der Waals surface area contributed by atoms with Crippen LogP contribution in [0.3, 0.4) is 0 Å². The molecule has 1 fully saturated rings. The zero-order chi connectivity index (χ0) is 14.8. The van der Waals surface area contributed by atoms with Gasteiger partial charge in [-0.15, -0.1) is 0 Å². The average Bonchev–Trinajstić information content (AvgIpc) is 2.86. The Morgan fingerprint density at radius 1 is 1.35 bits per heavy atom. The molecule has 6 heteroatoms. The number of hydrogen-bond acceptors (Lipinski definition) is 2. The molecule has 1 aromatic rings. The molecule has 0 aromatic carbocycles. The summed E-state index contributed by atoms with van der Waals surface area (Å²) < 4.78 is 40.0. The second kappa shape index (κ2) is 6.16. The molecule has 2 rings (SSSR count). The van der Waals surface area contributed by atoms with Crippen molar-refractivity contribution in [1.82, 2.24) is 9.55 Å². The highest BCUT2D eigenvalue weighted by atomic mass is 19.4. The number of aryl methyl sites for hydroxylation is 1. The summed E-state index contributed by atoms with van der Waals surface area (Å²) in [5.41, 5.74) is 6.24. The van der Waals surface area contributed by atoms with E-state index in [1.54, 1.807) is 6.20 Å². The lowest BCUT2D eigenvalue weighted by Crippen LogP contribution is -2.33. The van der Waals surface area contributed by atoms with Crippen molar-refractivity contribution in [2.75, 3.05) is 0 Å². The molecule has 0 amide bonds. The molecule has 0 saturated heterocycles. The van der Waals surface area contributed by atoms with Gasteiger partial charge in [0.2, 0.25) is 0 Å². The van der Waals surface area contributed by atoms with Gasteiger partial charge in [0.15, 0.2) is 0 Å². The van der Waals surface area contributed by atoms with Crippen LogP contribution in [0.2, 0.25) is 0 Å². The van der Waals surface area contributed by atoms with Crippen LogP contribution in [0.5, 0.6) is 0 Å². The van der Waals surface area contributed by atoms with E-state index in [2.05, 4.69) is 11.9 Å². The average molecular weight is 289 g/mol. The summed E-state index contributed by atoms with van der Waals surface area (Å²) in [7, 11) is 0. The summed E-state index contributed by atoms with van der Waals surface area (Å²) in [5.74, 6) is -0.241. The Hall–Kier alpha value is -1.04. The topological polar surface area (TPSA) is 43.8 Å². The first-order valence-corrected chi connectivity index (χ1v) is 7.26. The lowest BCUT2D eigenvalue weighted by Gasteiger charge is -2.32. The van der Waals surface area contributed by atoms with Crippen LogP contribution >= 0.6 is 0 Å². The summed E-state index contributed by atoms with van der Waals surface area (Å²) in [6.45, 7) is 2.92. The number of aromatic nitrogens is 2. The number of hydrogen-bond donors (Lipinski definition) is 1. The minimum Gasteiger partial charge on any atom is -0.334 e. The standard InChI is InChI=1S/C14H22F3N3/c1-2-8-20-9-7-19-13(20)12(18)10-3-5-11(6-4-10)14(15,16)17/h7,9-12H,2-6,8,18H2,1H3. The number of imidazole rings is 1. The van der Waals surface area contributed by atoms with Crippen molar-refractivity contribution in [3.8, 4) is 0 Å². The molecule has 1 heterocycles. The number of nitrogens with zero attached hydrogens (tertiary/aromatic N) is 2. The maximum Gasteiger partial charge on any atom is 0.391 e. The quantitative estimate of drug-likeness (QED) is 0.919. The van der Waals surface area contributed by atoms with Crippen LogP contribution < -0.4 is 5.73 Å². The third-order valence-electron chi connectivity index (χ3n) is 4.25. The Kier molecular flexibility index (Phi) is 4.73. The number of nitrogens with two attached hydrogens (primary N) is 1. The van der Waals surface area contributed by atoms with Gasteiger partial charge < -0.3 is 10.3 Å². The fourth-order valence-corrected chi connectivity index (χ4v) is 3.06. The highest BCUT2D eigenvalue weighted by Crippen LogP contribution is 2.42. The first-order chi connectivity index (χ1) is 9.43. The minimum absolute atomic E-state index is 0.103. The van der Waals surface area contributed by atoms with Crippen LogP contribution in [0.4, 0.5) is 13.2 Å². The Morgan fingerprint density at radius 2 is 2.00 bits per heavy atom. The fraction of sp³-hybridized carbons (Fsp3) is 0.786. The van der Waals surface area contributed by atoms with Gasteiger partial charge in [0.25, 0.3) is 0 Å². The molecular formula is C14H22F3N3. The largest absolute Gasteiger partial charge is 0.391 e. The van der Waals surface area contributed by atoms with E-state index >= 15 is 0 Å². The molecule has 1 atom stereocenters. The van der Waals surface area contributed by atoms with Crippen molar-refractivity contribution in [3.63, 3.8) is 0 Å². The summed E-state index contributed by atoms with van der Waals surface area (Å²) >= 11 is 0. The Labute approximate surface area is 117 Å². The van der Waals surface area contributed by atoms with Crippen LogP contribution in [-0.2, 0) is 6.54 Å². The van der Waals surface area contributed by atoms with Crippen molar-refractivity contribution in [3.05, 3.63) is 18.2 Å². The highest BCUT2D eigenvalue weighted by molar-refractivity contribution is 5.01. The predicted molar refractivity (Wildman–Crippen MR) is 70.9 cm³/mol. The lowest BCUT2D eigenvalue weighted by molar-refractivity contribution is -0.184. The normalized spacial score (nSPS) is 25.6. The highest BCUT2D eigenvalue weighted by Gasteiger charge is 2.42. The van der Waals surface area contributed by atoms with Crippen LogP contribution in [0.15, 0.2) is 12.4 Å². The molecule has 2 N–H and O–H groups in total. The van der Waals surface area contributed by atoms with Crippen molar-refractivity contribution in [2.45, 2.75) is 57.8 Å². The van der Waals surface area contributed by atoms with E-state index in [1.807, 2.05) is 10.8 Å². The van der Waals surface area contributed by atoms with Crippen LogP contribution in [-0.4, -0.2) is 15.7 Å². The first kappa shape index (κ1) is 15.4. The molecule has 20 heavy (non-hydrogen) atoms. The first-order valence-electron chi connectivity index (χ1n) is 7.26. The van der Waals surface area contributed by atoms with Gasteiger partial charge in [-0.05, 0) is 38.0 Å². The number of halogens is 3. The van der Waals surface area contributed by atoms with Gasteiger partial charge in [-0.2, -0.15) is 13.2 Å². The molecule has 0 radical (unpaired) electrons. The fourth-order valence-electron chi connectivity index (χ4n) is 3.06. The van der Waals surface area contributed by atoms with E-state index in [0.29, 0.717) is 12.8 Å². The van der Waals surface area contributed by atoms with Gasteiger partial charge in [0.1, 0.15) is 5.82 Å². The van der Waals surface area contributed by atoms with E-state index in [4.69, 9.17) is 5.73 Å². The van der Waals surface area contributed by atoms with Gasteiger partial charge in [0.05, 0.1) is 12.0 Å². The van der Waals surface area contributed by atoms with E-state index in [-0.39, 0.29) is 24.8 Å². The van der Waals surface area contributed by atoms with Gasteiger partial charge >= 0.3 is 6.18 Å². The summed E-state index contributed by atoms with van der Waals surface area (Å²) in [4.78, 5) is 4.29. The molecule has 1 aliphatic rings. The maximum atomic E-state index is 12.7. The van der Waals surface area contributed by atoms with Gasteiger partial charge in [-0.3, -0.25) is 0 Å². The van der Waals surface area contributed by atoms with Crippen LogP contribution in [0, 0.1) is 11.8 Å². The van der Waals surface area contributed by atoms with Crippen molar-refractivity contribution < 1.29 is 13.2 Å². The molecule has 3 nitrogen and oxygen atoms in total. The molecule has 114 valence electrons. The van der Waals surface area contributed by atoms with E-state index < -0.39 is 12.1 Å². The second-order valence-corrected chi connectivity index (χ2v) is 5.66. The molecular weight excluding hydrogens is 267 g/mol. The Balaban J connectivity index is 1.98. The molecule has 0 aliphatic heterocycles. The molecule has 0 spiro atoms. The summed E-state index contributed by atoms with van der Waals surface area (Å²) in [6, 6.07) is -0.259. The smallest absolute Gasteiger partial charge is 0.334 e.